The number of hydrogen-bond acceptors (Lipinski definition) is 3. The van der Waals surface area contributed by atoms with Gasteiger partial charge in [-0.25, -0.2) is 0 Å². The Morgan fingerprint density at radius 3 is 2.29 bits per heavy atom. The summed E-state index contributed by atoms with van der Waals surface area (Å²) in [6.07, 6.45) is 2.70. The highest BCUT2D eigenvalue weighted by Gasteiger charge is 2.10. The van der Waals surface area contributed by atoms with Gasteiger partial charge in [0.25, 0.3) is 0 Å². The zero-order valence-electron chi connectivity index (χ0n) is 12.5. The third-order valence-electron chi connectivity index (χ3n) is 2.50. The van der Waals surface area contributed by atoms with Gasteiger partial charge in [-0.1, -0.05) is 13.3 Å². The fourth-order valence-corrected chi connectivity index (χ4v) is 1.56. The molecule has 0 fully saturated rings. The maximum Gasteiger partial charge on any atom is 0.0707 e. The molecule has 0 aromatic rings. The minimum Gasteiger partial charge on any atom is -0.375 e. The molecule has 0 saturated carbocycles. The molecule has 0 heterocycles. The number of nitrogens with one attached hydrogen (secondary N) is 1. The molecule has 0 aliphatic heterocycles. The van der Waals surface area contributed by atoms with Gasteiger partial charge >= 0.3 is 0 Å². The van der Waals surface area contributed by atoms with Crippen LogP contribution in [0.25, 0.3) is 0 Å². The van der Waals surface area contributed by atoms with Crippen molar-refractivity contribution in [1.29, 1.82) is 0 Å². The Bertz CT molecular complexity index is 178. The zero-order valence-corrected chi connectivity index (χ0v) is 12.5. The van der Waals surface area contributed by atoms with E-state index in [1.165, 1.54) is 12.8 Å². The van der Waals surface area contributed by atoms with Gasteiger partial charge in [0.2, 0.25) is 0 Å². The second kappa shape index (κ2) is 8.90. The molecule has 1 N–H and O–H groups in total. The van der Waals surface area contributed by atoms with Crippen LogP contribution in [0.3, 0.4) is 0 Å². The van der Waals surface area contributed by atoms with Gasteiger partial charge in [-0.2, -0.15) is 0 Å². The van der Waals surface area contributed by atoms with E-state index >= 15 is 0 Å². The monoisotopic (exact) mass is 245 g/mol. The number of rotatable bonds is 9. The summed E-state index contributed by atoms with van der Waals surface area (Å²) < 4.78 is 11.3. The maximum absolute atomic E-state index is 5.68. The summed E-state index contributed by atoms with van der Waals surface area (Å²) in [5.41, 5.74) is -0.0690. The molecule has 0 amide bonds. The Morgan fingerprint density at radius 2 is 1.76 bits per heavy atom. The number of ether oxygens (including phenoxy) is 2. The van der Waals surface area contributed by atoms with Crippen LogP contribution in [0, 0.1) is 0 Å². The van der Waals surface area contributed by atoms with E-state index in [-0.39, 0.29) is 11.7 Å². The smallest absolute Gasteiger partial charge is 0.0707 e. The Kier molecular flexibility index (Phi) is 8.83. The largest absolute Gasteiger partial charge is 0.375 e. The standard InChI is InChI=1S/C14H31NO2/c1-7-8-12(2)15-11-13(3)16-9-10-17-14(4,5)6/h12-13,15H,7-11H2,1-6H3. The average Bonchev–Trinajstić information content (AvgIpc) is 2.21. The Hall–Kier alpha value is -0.120. The average molecular weight is 245 g/mol. The van der Waals surface area contributed by atoms with Crippen LogP contribution in [0.15, 0.2) is 0 Å². The maximum atomic E-state index is 5.68. The van der Waals surface area contributed by atoms with Crippen molar-refractivity contribution in [3.05, 3.63) is 0 Å². The summed E-state index contributed by atoms with van der Waals surface area (Å²) in [4.78, 5) is 0. The van der Waals surface area contributed by atoms with E-state index in [1.54, 1.807) is 0 Å². The SMILES string of the molecule is CCCC(C)NCC(C)OCCOC(C)(C)C. The second-order valence-corrected chi connectivity index (χ2v) is 5.74. The lowest BCUT2D eigenvalue weighted by atomic mass is 10.2. The van der Waals surface area contributed by atoms with Crippen molar-refractivity contribution in [3.63, 3.8) is 0 Å². The van der Waals surface area contributed by atoms with E-state index in [0.29, 0.717) is 19.3 Å². The van der Waals surface area contributed by atoms with E-state index in [4.69, 9.17) is 9.47 Å². The Balaban J connectivity index is 3.43. The fraction of sp³-hybridized carbons (Fsp3) is 1.00. The minimum atomic E-state index is -0.0690. The molecule has 17 heavy (non-hydrogen) atoms. The van der Waals surface area contributed by atoms with Gasteiger partial charge in [-0.3, -0.25) is 0 Å². The van der Waals surface area contributed by atoms with Crippen molar-refractivity contribution in [2.45, 2.75) is 72.1 Å². The molecule has 2 unspecified atom stereocenters. The van der Waals surface area contributed by atoms with Crippen LogP contribution in [0.2, 0.25) is 0 Å². The van der Waals surface area contributed by atoms with Gasteiger partial charge in [0, 0.05) is 12.6 Å². The first-order chi connectivity index (χ1) is 7.85. The summed E-state index contributed by atoms with van der Waals surface area (Å²) in [5, 5.41) is 3.47. The third-order valence-corrected chi connectivity index (χ3v) is 2.50. The highest BCUT2D eigenvalue weighted by atomic mass is 16.5. The summed E-state index contributed by atoms with van der Waals surface area (Å²) in [5.74, 6) is 0. The van der Waals surface area contributed by atoms with Gasteiger partial charge < -0.3 is 14.8 Å². The predicted molar refractivity (Wildman–Crippen MR) is 73.5 cm³/mol. The summed E-state index contributed by atoms with van der Waals surface area (Å²) in [6.45, 7) is 15.0. The normalized spacial score (nSPS) is 15.9. The molecule has 0 bridgehead atoms. The molecule has 0 aliphatic carbocycles. The van der Waals surface area contributed by atoms with E-state index < -0.39 is 0 Å². The van der Waals surface area contributed by atoms with E-state index in [9.17, 15) is 0 Å². The molecule has 0 saturated heterocycles. The van der Waals surface area contributed by atoms with Crippen molar-refractivity contribution in [3.8, 4) is 0 Å². The first-order valence-electron chi connectivity index (χ1n) is 6.84. The molecular formula is C14H31NO2. The van der Waals surface area contributed by atoms with Crippen molar-refractivity contribution in [2.75, 3.05) is 19.8 Å². The van der Waals surface area contributed by atoms with Crippen LogP contribution in [-0.2, 0) is 9.47 Å². The van der Waals surface area contributed by atoms with Crippen molar-refractivity contribution in [1.82, 2.24) is 5.32 Å². The van der Waals surface area contributed by atoms with Gasteiger partial charge in [-0.05, 0) is 41.0 Å². The van der Waals surface area contributed by atoms with Crippen molar-refractivity contribution in [2.24, 2.45) is 0 Å². The second-order valence-electron chi connectivity index (χ2n) is 5.74. The summed E-state index contributed by atoms with van der Waals surface area (Å²) in [7, 11) is 0. The van der Waals surface area contributed by atoms with Crippen LogP contribution < -0.4 is 5.32 Å². The first-order valence-corrected chi connectivity index (χ1v) is 6.84. The molecule has 3 heteroatoms. The summed E-state index contributed by atoms with van der Waals surface area (Å²) in [6, 6.07) is 0.580. The Labute approximate surface area is 107 Å². The lowest BCUT2D eigenvalue weighted by Gasteiger charge is -2.21. The molecule has 2 atom stereocenters. The molecule has 104 valence electrons. The molecule has 0 radical (unpaired) electrons. The number of hydrogen-bond donors (Lipinski definition) is 1. The Morgan fingerprint density at radius 1 is 1.12 bits per heavy atom. The first kappa shape index (κ1) is 16.9. The quantitative estimate of drug-likeness (QED) is 0.633. The fourth-order valence-electron chi connectivity index (χ4n) is 1.56. The third kappa shape index (κ3) is 12.1. The van der Waals surface area contributed by atoms with Gasteiger partial charge in [0.05, 0.1) is 24.9 Å². The van der Waals surface area contributed by atoms with E-state index in [1.807, 2.05) is 0 Å². The molecule has 0 rings (SSSR count). The van der Waals surface area contributed by atoms with Crippen LogP contribution in [0.5, 0.6) is 0 Å². The minimum absolute atomic E-state index is 0.0690. The van der Waals surface area contributed by atoms with E-state index in [0.717, 1.165) is 6.54 Å². The molecule has 0 aromatic carbocycles. The van der Waals surface area contributed by atoms with Gasteiger partial charge in [0.15, 0.2) is 0 Å². The lowest BCUT2D eigenvalue weighted by molar-refractivity contribution is -0.0482. The molecule has 0 aliphatic rings. The van der Waals surface area contributed by atoms with Gasteiger partial charge in [-0.15, -0.1) is 0 Å². The molecule has 0 aromatic heterocycles. The molecule has 0 spiro atoms. The highest BCUT2D eigenvalue weighted by molar-refractivity contribution is 4.63. The topological polar surface area (TPSA) is 30.5 Å². The molecular weight excluding hydrogens is 214 g/mol. The zero-order chi connectivity index (χ0) is 13.3. The van der Waals surface area contributed by atoms with Crippen LogP contribution in [-0.4, -0.2) is 37.5 Å². The highest BCUT2D eigenvalue weighted by Crippen LogP contribution is 2.06. The lowest BCUT2D eigenvalue weighted by Crippen LogP contribution is -2.34. The van der Waals surface area contributed by atoms with E-state index in [2.05, 4.69) is 46.9 Å². The van der Waals surface area contributed by atoms with Crippen LogP contribution >= 0.6 is 0 Å². The predicted octanol–water partition coefficient (Wildman–Crippen LogP) is 2.98. The molecule has 3 nitrogen and oxygen atoms in total. The van der Waals surface area contributed by atoms with Crippen molar-refractivity contribution >= 4 is 0 Å². The van der Waals surface area contributed by atoms with Crippen LogP contribution in [0.4, 0.5) is 0 Å². The van der Waals surface area contributed by atoms with Gasteiger partial charge in [0.1, 0.15) is 0 Å². The summed E-state index contributed by atoms with van der Waals surface area (Å²) >= 11 is 0. The van der Waals surface area contributed by atoms with Crippen LogP contribution in [0.1, 0.15) is 54.4 Å². The van der Waals surface area contributed by atoms with Crippen molar-refractivity contribution < 1.29 is 9.47 Å².